The summed E-state index contributed by atoms with van der Waals surface area (Å²) in [6.07, 6.45) is 5.00. The molecule has 1 amide bonds. The van der Waals surface area contributed by atoms with Crippen LogP contribution in [0.2, 0.25) is 0 Å². The van der Waals surface area contributed by atoms with E-state index in [2.05, 4.69) is 4.90 Å². The number of piperidine rings is 1. The highest BCUT2D eigenvalue weighted by Gasteiger charge is 2.44. The molecular formula is C19H28N2O3. The first kappa shape index (κ1) is 17.1. The van der Waals surface area contributed by atoms with Gasteiger partial charge in [0.05, 0.1) is 13.7 Å². The number of carbonyl (C=O) groups excluding carboxylic acids is 1. The predicted molar refractivity (Wildman–Crippen MR) is 93.5 cm³/mol. The number of rotatable bonds is 6. The lowest BCUT2D eigenvalue weighted by Gasteiger charge is -2.43. The monoisotopic (exact) mass is 332 g/mol. The van der Waals surface area contributed by atoms with Gasteiger partial charge in [0.1, 0.15) is 11.5 Å². The Morgan fingerprint density at radius 3 is 2.33 bits per heavy atom. The molecule has 0 atom stereocenters. The molecule has 3 rings (SSSR count). The first-order valence-electron chi connectivity index (χ1n) is 8.89. The molecule has 1 aromatic carbocycles. The maximum atomic E-state index is 11.8. The Morgan fingerprint density at radius 2 is 1.75 bits per heavy atom. The third-order valence-corrected chi connectivity index (χ3v) is 5.62. The molecule has 0 N–H and O–H groups in total. The Morgan fingerprint density at radius 1 is 1.08 bits per heavy atom. The number of hydrogen-bond acceptors (Lipinski definition) is 4. The Labute approximate surface area is 144 Å². The summed E-state index contributed by atoms with van der Waals surface area (Å²) in [5.74, 6) is 2.05. The Hall–Kier alpha value is -1.75. The zero-order chi connectivity index (χ0) is 17.0. The second-order valence-electron chi connectivity index (χ2n) is 6.90. The van der Waals surface area contributed by atoms with Crippen LogP contribution >= 0.6 is 0 Å². The molecule has 24 heavy (non-hydrogen) atoms. The maximum absolute atomic E-state index is 11.8. The van der Waals surface area contributed by atoms with Gasteiger partial charge in [-0.1, -0.05) is 0 Å². The second-order valence-corrected chi connectivity index (χ2v) is 6.90. The first-order valence-corrected chi connectivity index (χ1v) is 8.89. The van der Waals surface area contributed by atoms with Crippen molar-refractivity contribution in [3.8, 4) is 11.5 Å². The lowest BCUT2D eigenvalue weighted by atomic mass is 9.85. The Bertz CT molecular complexity index is 550. The van der Waals surface area contributed by atoms with Crippen molar-refractivity contribution in [1.29, 1.82) is 0 Å². The van der Waals surface area contributed by atoms with Crippen molar-refractivity contribution in [2.24, 2.45) is 0 Å². The molecule has 5 heteroatoms. The van der Waals surface area contributed by atoms with E-state index in [1.165, 1.54) is 0 Å². The van der Waals surface area contributed by atoms with Gasteiger partial charge in [-0.3, -0.25) is 4.79 Å². The molecule has 0 aliphatic carbocycles. The number of likely N-dealkylation sites (tertiary alicyclic amines) is 2. The number of methoxy groups -OCH3 is 1. The number of hydrogen-bond donors (Lipinski definition) is 0. The van der Waals surface area contributed by atoms with Gasteiger partial charge in [0.15, 0.2) is 0 Å². The van der Waals surface area contributed by atoms with Crippen molar-refractivity contribution in [3.63, 3.8) is 0 Å². The fraction of sp³-hybridized carbons (Fsp3) is 0.632. The third kappa shape index (κ3) is 3.66. The van der Waals surface area contributed by atoms with Crippen molar-refractivity contribution >= 4 is 5.91 Å². The van der Waals surface area contributed by atoms with Crippen LogP contribution in [0.3, 0.4) is 0 Å². The van der Waals surface area contributed by atoms with Crippen molar-refractivity contribution in [1.82, 2.24) is 9.80 Å². The summed E-state index contributed by atoms with van der Waals surface area (Å²) in [6.45, 7) is 3.95. The van der Waals surface area contributed by atoms with E-state index in [4.69, 9.17) is 9.47 Å². The quantitative estimate of drug-likeness (QED) is 0.751. The third-order valence-electron chi connectivity index (χ3n) is 5.62. The lowest BCUT2D eigenvalue weighted by Crippen LogP contribution is -2.51. The van der Waals surface area contributed by atoms with E-state index < -0.39 is 0 Å². The van der Waals surface area contributed by atoms with Crippen LogP contribution in [0.15, 0.2) is 24.3 Å². The molecule has 0 aromatic heterocycles. The molecule has 1 aromatic rings. The van der Waals surface area contributed by atoms with E-state index in [1.807, 2.05) is 36.2 Å². The van der Waals surface area contributed by atoms with Gasteiger partial charge in [-0.25, -0.2) is 0 Å². The lowest BCUT2D eigenvalue weighted by molar-refractivity contribution is -0.130. The van der Waals surface area contributed by atoms with E-state index in [0.717, 1.165) is 69.8 Å². The first-order chi connectivity index (χ1) is 11.6. The van der Waals surface area contributed by atoms with Crippen LogP contribution in [0.25, 0.3) is 0 Å². The van der Waals surface area contributed by atoms with Crippen LogP contribution in [0.4, 0.5) is 0 Å². The summed E-state index contributed by atoms with van der Waals surface area (Å²) in [4.78, 5) is 16.3. The molecule has 2 fully saturated rings. The molecule has 5 nitrogen and oxygen atoms in total. The number of amides is 1. The minimum Gasteiger partial charge on any atom is -0.497 e. The number of carbonyl (C=O) groups is 1. The summed E-state index contributed by atoms with van der Waals surface area (Å²) in [6, 6.07) is 7.71. The van der Waals surface area contributed by atoms with Crippen molar-refractivity contribution in [2.45, 2.75) is 37.6 Å². The summed E-state index contributed by atoms with van der Waals surface area (Å²) in [7, 11) is 3.64. The number of benzene rings is 1. The highest BCUT2D eigenvalue weighted by Crippen LogP contribution is 2.37. The molecule has 0 radical (unpaired) electrons. The zero-order valence-corrected chi connectivity index (χ0v) is 14.8. The van der Waals surface area contributed by atoms with Gasteiger partial charge in [0, 0.05) is 38.6 Å². The topological polar surface area (TPSA) is 42.0 Å². The average molecular weight is 332 g/mol. The Balaban J connectivity index is 1.36. The van der Waals surface area contributed by atoms with E-state index in [9.17, 15) is 4.79 Å². The van der Waals surface area contributed by atoms with E-state index in [-0.39, 0.29) is 5.54 Å². The van der Waals surface area contributed by atoms with Gasteiger partial charge >= 0.3 is 0 Å². The molecule has 2 aliphatic heterocycles. The zero-order valence-electron chi connectivity index (χ0n) is 14.8. The van der Waals surface area contributed by atoms with Crippen molar-refractivity contribution in [2.75, 3.05) is 40.4 Å². The fourth-order valence-electron chi connectivity index (χ4n) is 3.87. The molecule has 2 heterocycles. The van der Waals surface area contributed by atoms with Crippen LogP contribution in [0.5, 0.6) is 11.5 Å². The molecule has 132 valence electrons. The van der Waals surface area contributed by atoms with Gasteiger partial charge < -0.3 is 19.3 Å². The summed E-state index contributed by atoms with van der Waals surface area (Å²) < 4.78 is 10.9. The second kappa shape index (κ2) is 7.43. The van der Waals surface area contributed by atoms with E-state index in [0.29, 0.717) is 5.91 Å². The van der Waals surface area contributed by atoms with E-state index >= 15 is 0 Å². The van der Waals surface area contributed by atoms with Crippen molar-refractivity contribution in [3.05, 3.63) is 24.3 Å². The summed E-state index contributed by atoms with van der Waals surface area (Å²) in [5, 5.41) is 0. The van der Waals surface area contributed by atoms with Crippen LogP contribution in [-0.4, -0.2) is 61.6 Å². The Kier molecular flexibility index (Phi) is 5.29. The van der Waals surface area contributed by atoms with Gasteiger partial charge in [-0.2, -0.15) is 0 Å². The molecule has 0 bridgehead atoms. The SMILES string of the molecule is COc1ccc(OCCCN2CCC3(CCC(=O)N3C)CC2)cc1. The molecule has 2 saturated heterocycles. The van der Waals surface area contributed by atoms with Crippen LogP contribution < -0.4 is 9.47 Å². The standard InChI is InChI=1S/C19H28N2O3/c1-20-18(22)8-9-19(20)10-13-21(14-11-19)12-3-15-24-17-6-4-16(23-2)5-7-17/h4-7H,3,8-15H2,1-2H3. The maximum Gasteiger partial charge on any atom is 0.222 e. The van der Waals surface area contributed by atoms with Gasteiger partial charge in [0.2, 0.25) is 5.91 Å². The fourth-order valence-corrected chi connectivity index (χ4v) is 3.87. The van der Waals surface area contributed by atoms with Gasteiger partial charge in [-0.05, 0) is 49.9 Å². The van der Waals surface area contributed by atoms with Gasteiger partial charge in [0.25, 0.3) is 0 Å². The summed E-state index contributed by atoms with van der Waals surface area (Å²) in [5.41, 5.74) is 0.146. The smallest absolute Gasteiger partial charge is 0.222 e. The van der Waals surface area contributed by atoms with E-state index in [1.54, 1.807) is 7.11 Å². The largest absolute Gasteiger partial charge is 0.497 e. The minimum absolute atomic E-state index is 0.146. The minimum atomic E-state index is 0.146. The van der Waals surface area contributed by atoms with Crippen LogP contribution in [0, 0.1) is 0 Å². The predicted octanol–water partition coefficient (Wildman–Crippen LogP) is 2.55. The number of nitrogens with zero attached hydrogens (tertiary/aromatic N) is 2. The normalized spacial score (nSPS) is 20.6. The van der Waals surface area contributed by atoms with Gasteiger partial charge in [-0.15, -0.1) is 0 Å². The average Bonchev–Trinajstić information content (AvgIpc) is 2.90. The van der Waals surface area contributed by atoms with Crippen LogP contribution in [-0.2, 0) is 4.79 Å². The summed E-state index contributed by atoms with van der Waals surface area (Å²) >= 11 is 0. The molecule has 1 spiro atoms. The molecule has 0 saturated carbocycles. The van der Waals surface area contributed by atoms with Crippen LogP contribution in [0.1, 0.15) is 32.1 Å². The molecule has 0 unspecified atom stereocenters. The number of ether oxygens (including phenoxy) is 2. The highest BCUT2D eigenvalue weighted by molar-refractivity contribution is 5.79. The molecular weight excluding hydrogens is 304 g/mol. The molecule has 2 aliphatic rings. The van der Waals surface area contributed by atoms with Crippen molar-refractivity contribution < 1.29 is 14.3 Å². The highest BCUT2D eigenvalue weighted by atomic mass is 16.5.